The molecule has 1 spiro atoms. The minimum absolute atomic E-state index is 0.00780. The molecule has 8 nitrogen and oxygen atoms in total. The molecule has 1 aromatic rings. The van der Waals surface area contributed by atoms with Crippen molar-refractivity contribution >= 4 is 17.8 Å². The summed E-state index contributed by atoms with van der Waals surface area (Å²) < 4.78 is 11.6. The Labute approximate surface area is 179 Å². The van der Waals surface area contributed by atoms with Crippen molar-refractivity contribution in [3.8, 4) is 0 Å². The Bertz CT molecular complexity index is 960. The number of rotatable bonds is 4. The van der Waals surface area contributed by atoms with Crippen LogP contribution in [-0.4, -0.2) is 76.7 Å². The molecule has 0 aromatic heterocycles. The van der Waals surface area contributed by atoms with Crippen molar-refractivity contribution in [3.05, 3.63) is 60.2 Å². The monoisotopic (exact) mass is 424 g/mol. The quantitative estimate of drug-likeness (QED) is 0.551. The molecule has 0 saturated carbocycles. The summed E-state index contributed by atoms with van der Waals surface area (Å²) in [5, 5.41) is 9.60. The largest absolute Gasteiger partial charge is 0.461 e. The fraction of sp³-hybridized carbons (Fsp3) is 0.435. The van der Waals surface area contributed by atoms with Crippen LogP contribution < -0.4 is 0 Å². The predicted octanol–water partition coefficient (Wildman–Crippen LogP) is 0.271. The summed E-state index contributed by atoms with van der Waals surface area (Å²) in [5.41, 5.74) is -0.302. The second kappa shape index (κ2) is 7.62. The van der Waals surface area contributed by atoms with Gasteiger partial charge in [-0.2, -0.15) is 0 Å². The first-order chi connectivity index (χ1) is 15.1. The summed E-state index contributed by atoms with van der Waals surface area (Å²) in [5.74, 6) is -2.82. The second-order valence-corrected chi connectivity index (χ2v) is 8.26. The summed E-state index contributed by atoms with van der Waals surface area (Å²) >= 11 is 0. The van der Waals surface area contributed by atoms with Gasteiger partial charge in [-0.15, -0.1) is 0 Å². The Hall–Kier alpha value is -2.97. The van der Waals surface area contributed by atoms with Crippen molar-refractivity contribution in [2.45, 2.75) is 24.3 Å². The molecule has 4 aliphatic rings. The lowest BCUT2D eigenvalue weighted by Crippen LogP contribution is -2.55. The molecule has 1 N–H and O–H groups in total. The lowest BCUT2D eigenvalue weighted by Gasteiger charge is -2.35. The van der Waals surface area contributed by atoms with Gasteiger partial charge >= 0.3 is 5.97 Å². The summed E-state index contributed by atoms with van der Waals surface area (Å²) in [6.07, 6.45) is 6.42. The molecule has 4 heterocycles. The van der Waals surface area contributed by atoms with Crippen LogP contribution in [0.5, 0.6) is 0 Å². The smallest absolute Gasteiger partial charge is 0.313 e. The van der Waals surface area contributed by atoms with E-state index in [9.17, 15) is 19.5 Å². The van der Waals surface area contributed by atoms with Gasteiger partial charge in [0.2, 0.25) is 11.8 Å². The number of esters is 1. The second-order valence-electron chi connectivity index (χ2n) is 8.26. The summed E-state index contributed by atoms with van der Waals surface area (Å²) in [6, 6.07) is 8.66. The Morgan fingerprint density at radius 1 is 1.10 bits per heavy atom. The number of hydrogen-bond donors (Lipinski definition) is 1. The Kier molecular flexibility index (Phi) is 4.91. The van der Waals surface area contributed by atoms with Gasteiger partial charge in [0.05, 0.1) is 18.6 Å². The van der Waals surface area contributed by atoms with E-state index in [1.54, 1.807) is 23.1 Å². The number of benzene rings is 1. The van der Waals surface area contributed by atoms with Gasteiger partial charge in [-0.3, -0.25) is 14.4 Å². The van der Waals surface area contributed by atoms with E-state index in [-0.39, 0.29) is 31.6 Å². The maximum Gasteiger partial charge on any atom is 0.313 e. The maximum atomic E-state index is 13.8. The average molecular weight is 424 g/mol. The molecule has 0 aliphatic carbocycles. The molecule has 31 heavy (non-hydrogen) atoms. The number of aliphatic hydroxyl groups is 1. The van der Waals surface area contributed by atoms with Crippen molar-refractivity contribution in [1.82, 2.24) is 9.80 Å². The van der Waals surface area contributed by atoms with Crippen molar-refractivity contribution in [2.75, 3.05) is 26.3 Å². The number of carbonyl (C=O) groups is 3. The number of carbonyl (C=O) groups excluding carboxylic acids is 3. The van der Waals surface area contributed by atoms with Gasteiger partial charge in [0.25, 0.3) is 0 Å². The van der Waals surface area contributed by atoms with Gasteiger partial charge in [-0.25, -0.2) is 0 Å². The molecule has 2 fully saturated rings. The molecule has 2 saturated heterocycles. The molecule has 5 rings (SSSR count). The van der Waals surface area contributed by atoms with E-state index < -0.39 is 35.6 Å². The van der Waals surface area contributed by atoms with Crippen molar-refractivity contribution < 1.29 is 29.0 Å². The van der Waals surface area contributed by atoms with Crippen LogP contribution in [0.1, 0.15) is 5.56 Å². The first-order valence-corrected chi connectivity index (χ1v) is 10.5. The maximum absolute atomic E-state index is 13.8. The Morgan fingerprint density at radius 2 is 1.90 bits per heavy atom. The zero-order valence-electron chi connectivity index (χ0n) is 16.9. The van der Waals surface area contributed by atoms with Gasteiger partial charge in [-0.1, -0.05) is 48.6 Å². The van der Waals surface area contributed by atoms with Crippen LogP contribution in [0, 0.1) is 11.8 Å². The van der Waals surface area contributed by atoms with E-state index in [4.69, 9.17) is 9.47 Å². The minimum atomic E-state index is -1.27. The van der Waals surface area contributed by atoms with E-state index in [0.717, 1.165) is 5.56 Å². The number of likely N-dealkylation sites (tertiary alicyclic amines) is 1. The summed E-state index contributed by atoms with van der Waals surface area (Å²) in [4.78, 5) is 43.0. The zero-order chi connectivity index (χ0) is 21.6. The molecular formula is C23H24N2O6. The van der Waals surface area contributed by atoms with Crippen LogP contribution in [-0.2, 0) is 30.4 Å². The van der Waals surface area contributed by atoms with Gasteiger partial charge in [-0.05, 0) is 11.6 Å². The lowest BCUT2D eigenvalue weighted by atomic mass is 9.78. The molecule has 5 atom stereocenters. The van der Waals surface area contributed by atoms with Crippen LogP contribution in [0.2, 0.25) is 0 Å². The summed E-state index contributed by atoms with van der Waals surface area (Å²) in [6.45, 7) is 0.577. The number of cyclic esters (lactones) is 1. The van der Waals surface area contributed by atoms with Gasteiger partial charge in [0.15, 0.2) is 0 Å². The number of ether oxygens (including phenoxy) is 2. The van der Waals surface area contributed by atoms with Gasteiger partial charge in [0.1, 0.15) is 24.2 Å². The Morgan fingerprint density at radius 3 is 2.68 bits per heavy atom. The van der Waals surface area contributed by atoms with Gasteiger partial charge in [0, 0.05) is 19.6 Å². The number of β-amino-alcohol motifs (C(OH)–C–C–N with tert-alkyl or cyclic N) is 1. The molecular weight excluding hydrogens is 400 g/mol. The molecule has 162 valence electrons. The number of hydrogen-bond acceptors (Lipinski definition) is 6. The number of aliphatic hydroxyl groups excluding tert-OH is 1. The summed E-state index contributed by atoms with van der Waals surface area (Å²) in [7, 11) is 0. The zero-order valence-corrected chi connectivity index (χ0v) is 16.9. The van der Waals surface area contributed by atoms with Crippen molar-refractivity contribution in [3.63, 3.8) is 0 Å². The SMILES string of the molecule is O=C1OCC=C[C@H]2O[C@]34C=CCN(Cc5ccccc5)C(=O)C3N(CCO)C(=O)[C@@H]4[C@@H]12. The molecule has 2 amide bonds. The van der Waals surface area contributed by atoms with E-state index in [2.05, 4.69) is 0 Å². The molecule has 0 bridgehead atoms. The third-order valence-electron chi connectivity index (χ3n) is 6.55. The van der Waals surface area contributed by atoms with Crippen LogP contribution >= 0.6 is 0 Å². The first-order valence-electron chi connectivity index (χ1n) is 10.5. The van der Waals surface area contributed by atoms with E-state index in [1.807, 2.05) is 36.4 Å². The fourth-order valence-electron chi connectivity index (χ4n) is 5.31. The van der Waals surface area contributed by atoms with Crippen LogP contribution in [0.25, 0.3) is 0 Å². The first kappa shape index (κ1) is 20.0. The Balaban J connectivity index is 1.56. The number of amides is 2. The van der Waals surface area contributed by atoms with Crippen LogP contribution in [0.15, 0.2) is 54.6 Å². The molecule has 0 radical (unpaired) electrons. The minimum Gasteiger partial charge on any atom is -0.461 e. The van der Waals surface area contributed by atoms with E-state index >= 15 is 0 Å². The molecule has 4 aliphatic heterocycles. The van der Waals surface area contributed by atoms with Crippen molar-refractivity contribution in [2.24, 2.45) is 11.8 Å². The van der Waals surface area contributed by atoms with Gasteiger partial charge < -0.3 is 24.4 Å². The predicted molar refractivity (Wildman–Crippen MR) is 108 cm³/mol. The van der Waals surface area contributed by atoms with Crippen LogP contribution in [0.3, 0.4) is 0 Å². The number of nitrogens with zero attached hydrogens (tertiary/aromatic N) is 2. The number of fused-ring (bicyclic) bond motifs is 2. The molecule has 1 aromatic carbocycles. The van der Waals surface area contributed by atoms with Crippen LogP contribution in [0.4, 0.5) is 0 Å². The normalized spacial score (nSPS) is 34.2. The highest BCUT2D eigenvalue weighted by Gasteiger charge is 2.71. The highest BCUT2D eigenvalue weighted by Crippen LogP contribution is 2.53. The fourth-order valence-corrected chi connectivity index (χ4v) is 5.31. The standard InChI is InChI=1S/C23H24N2O6/c26-12-11-25-19-21(28)24(14-15-6-2-1-3-7-15)10-5-9-23(19)18(20(25)27)17-16(31-23)8-4-13-30-22(17)29/h1-9,16-19,26H,10-14H2/t16-,17+,18+,19?,23+/m1/s1. The topological polar surface area (TPSA) is 96.4 Å². The van der Waals surface area contributed by atoms with Crippen molar-refractivity contribution in [1.29, 1.82) is 0 Å². The average Bonchev–Trinajstić information content (AvgIpc) is 3.06. The third-order valence-corrected chi connectivity index (χ3v) is 6.55. The van der Waals surface area contributed by atoms with E-state index in [0.29, 0.717) is 13.1 Å². The highest BCUT2D eigenvalue weighted by molar-refractivity contribution is 5.99. The lowest BCUT2D eigenvalue weighted by molar-refractivity contribution is -0.153. The molecule has 1 unspecified atom stereocenters. The van der Waals surface area contributed by atoms with E-state index in [1.165, 1.54) is 4.90 Å². The third kappa shape index (κ3) is 3.01. The molecule has 8 heteroatoms. The highest BCUT2D eigenvalue weighted by atomic mass is 16.6.